The number of methoxy groups -OCH3 is 1. The van der Waals surface area contributed by atoms with Gasteiger partial charge in [-0.15, -0.1) is 0 Å². The minimum atomic E-state index is -0.992. The van der Waals surface area contributed by atoms with Gasteiger partial charge < -0.3 is 14.3 Å². The van der Waals surface area contributed by atoms with E-state index in [0.717, 1.165) is 22.3 Å². The second-order valence-corrected chi connectivity index (χ2v) is 11.1. The average molecular weight is 531 g/mol. The molecule has 38 heavy (non-hydrogen) atoms. The van der Waals surface area contributed by atoms with Crippen LogP contribution in [-0.4, -0.2) is 34.9 Å². The number of ether oxygens (including phenoxy) is 1. The van der Waals surface area contributed by atoms with Crippen molar-refractivity contribution >= 4 is 45.1 Å². The standard InChI is InChI=1S/C29H26N2O6S/c1-15-25(27(35)36-5)38-28(30-15)31-22(16-10-12-18(13-11-16)29(2,3)4)21(24(33)26(31)34)23(32)20-14-17-8-6-7-9-19(17)37-20/h6-14,22,33H,1-5H3. The Balaban J connectivity index is 1.66. The van der Waals surface area contributed by atoms with E-state index < -0.39 is 29.5 Å². The highest BCUT2D eigenvalue weighted by molar-refractivity contribution is 7.17. The summed E-state index contributed by atoms with van der Waals surface area (Å²) in [6.07, 6.45) is 0. The van der Waals surface area contributed by atoms with Gasteiger partial charge in [0.15, 0.2) is 16.7 Å². The van der Waals surface area contributed by atoms with E-state index in [1.54, 1.807) is 25.1 Å². The van der Waals surface area contributed by atoms with Gasteiger partial charge in [-0.2, -0.15) is 0 Å². The Bertz CT molecular complexity index is 1590. The van der Waals surface area contributed by atoms with Crippen molar-refractivity contribution < 1.29 is 28.6 Å². The summed E-state index contributed by atoms with van der Waals surface area (Å²) < 4.78 is 10.6. The number of aryl methyl sites for hydroxylation is 1. The summed E-state index contributed by atoms with van der Waals surface area (Å²) in [5, 5.41) is 11.9. The number of para-hydroxylation sites is 1. The number of benzene rings is 2. The number of anilines is 1. The maximum atomic E-state index is 13.8. The van der Waals surface area contributed by atoms with Crippen molar-refractivity contribution in [2.24, 2.45) is 0 Å². The number of nitrogens with zero attached hydrogens (tertiary/aromatic N) is 2. The fourth-order valence-electron chi connectivity index (χ4n) is 4.51. The molecule has 0 spiro atoms. The number of hydrogen-bond donors (Lipinski definition) is 1. The van der Waals surface area contributed by atoms with Crippen LogP contribution < -0.4 is 4.90 Å². The van der Waals surface area contributed by atoms with E-state index in [2.05, 4.69) is 25.8 Å². The quantitative estimate of drug-likeness (QED) is 0.246. The third-order valence-corrected chi connectivity index (χ3v) is 7.69. The minimum Gasteiger partial charge on any atom is -0.503 e. The molecule has 0 aliphatic carbocycles. The third kappa shape index (κ3) is 4.18. The minimum absolute atomic E-state index is 0.00396. The van der Waals surface area contributed by atoms with E-state index >= 15 is 0 Å². The van der Waals surface area contributed by atoms with Crippen LogP contribution in [0.15, 0.2) is 70.3 Å². The molecule has 0 saturated carbocycles. The third-order valence-electron chi connectivity index (χ3n) is 6.56. The zero-order chi connectivity index (χ0) is 27.4. The number of aromatic nitrogens is 1. The van der Waals surface area contributed by atoms with Crippen molar-refractivity contribution in [2.75, 3.05) is 12.0 Å². The zero-order valence-corrected chi connectivity index (χ0v) is 22.4. The number of hydrogen-bond acceptors (Lipinski definition) is 8. The summed E-state index contributed by atoms with van der Waals surface area (Å²) >= 11 is 0.961. The summed E-state index contributed by atoms with van der Waals surface area (Å²) in [7, 11) is 1.26. The van der Waals surface area contributed by atoms with Gasteiger partial charge in [0.25, 0.3) is 5.91 Å². The van der Waals surface area contributed by atoms with Crippen LogP contribution in [0.4, 0.5) is 5.13 Å². The van der Waals surface area contributed by atoms with Crippen LogP contribution in [0.1, 0.15) is 63.9 Å². The number of carbonyl (C=O) groups excluding carboxylic acids is 3. The summed E-state index contributed by atoms with van der Waals surface area (Å²) in [5.41, 5.74) is 2.32. The van der Waals surface area contributed by atoms with Crippen LogP contribution in [0.3, 0.4) is 0 Å². The Hall–Kier alpha value is -4.24. The number of esters is 1. The fraction of sp³-hybridized carbons (Fsp3) is 0.241. The van der Waals surface area contributed by atoms with Crippen molar-refractivity contribution in [1.29, 1.82) is 0 Å². The molecule has 0 fully saturated rings. The largest absolute Gasteiger partial charge is 0.503 e. The SMILES string of the molecule is COC(=O)c1sc(N2C(=O)C(O)=C(C(=O)c3cc4ccccc4o3)C2c2ccc(C(C)(C)C)cc2)nc1C. The number of carbonyl (C=O) groups is 3. The molecule has 9 heteroatoms. The van der Waals surface area contributed by atoms with Gasteiger partial charge in [-0.3, -0.25) is 14.5 Å². The van der Waals surface area contributed by atoms with E-state index in [1.165, 1.54) is 12.0 Å². The molecule has 2 aromatic heterocycles. The molecule has 1 aliphatic heterocycles. The molecule has 1 amide bonds. The molecule has 4 aromatic rings. The topological polar surface area (TPSA) is 110 Å². The molecule has 0 saturated heterocycles. The van der Waals surface area contributed by atoms with Crippen LogP contribution in [0.25, 0.3) is 11.0 Å². The van der Waals surface area contributed by atoms with E-state index in [0.29, 0.717) is 16.8 Å². The number of amides is 1. The fourth-order valence-corrected chi connectivity index (χ4v) is 5.52. The summed E-state index contributed by atoms with van der Waals surface area (Å²) in [6, 6.07) is 15.3. The molecule has 1 unspecified atom stereocenters. The van der Waals surface area contributed by atoms with Gasteiger partial charge in [-0.05, 0) is 35.6 Å². The van der Waals surface area contributed by atoms with E-state index in [-0.39, 0.29) is 26.8 Å². The Morgan fingerprint density at radius 2 is 1.79 bits per heavy atom. The maximum Gasteiger partial charge on any atom is 0.350 e. The van der Waals surface area contributed by atoms with Gasteiger partial charge >= 0.3 is 5.97 Å². The second kappa shape index (κ2) is 9.25. The molecule has 0 radical (unpaired) electrons. The Morgan fingerprint density at radius 3 is 2.42 bits per heavy atom. The highest BCUT2D eigenvalue weighted by atomic mass is 32.1. The maximum absolute atomic E-state index is 13.8. The number of ketones is 1. The smallest absolute Gasteiger partial charge is 0.350 e. The number of furan rings is 1. The van der Waals surface area contributed by atoms with Gasteiger partial charge in [-0.25, -0.2) is 9.78 Å². The van der Waals surface area contributed by atoms with Crippen molar-refractivity contribution in [2.45, 2.75) is 39.2 Å². The van der Waals surface area contributed by atoms with Crippen LogP contribution in [0.2, 0.25) is 0 Å². The predicted octanol–water partition coefficient (Wildman–Crippen LogP) is 6.06. The van der Waals surface area contributed by atoms with Crippen LogP contribution >= 0.6 is 11.3 Å². The Morgan fingerprint density at radius 1 is 1.11 bits per heavy atom. The monoisotopic (exact) mass is 530 g/mol. The average Bonchev–Trinajstić information content (AvgIpc) is 3.57. The van der Waals surface area contributed by atoms with E-state index in [9.17, 15) is 19.5 Å². The van der Waals surface area contributed by atoms with E-state index in [4.69, 9.17) is 9.15 Å². The molecular weight excluding hydrogens is 504 g/mol. The summed E-state index contributed by atoms with van der Waals surface area (Å²) in [4.78, 5) is 45.4. The number of aliphatic hydroxyl groups is 1. The molecule has 5 rings (SSSR count). The summed E-state index contributed by atoms with van der Waals surface area (Å²) in [5.74, 6) is -2.67. The van der Waals surface area contributed by atoms with Crippen molar-refractivity contribution in [1.82, 2.24) is 4.98 Å². The van der Waals surface area contributed by atoms with Gasteiger partial charge in [0.2, 0.25) is 5.78 Å². The van der Waals surface area contributed by atoms with Crippen molar-refractivity contribution in [3.63, 3.8) is 0 Å². The first-order valence-corrected chi connectivity index (χ1v) is 12.8. The van der Waals surface area contributed by atoms with Gasteiger partial charge in [0.05, 0.1) is 24.4 Å². The highest BCUT2D eigenvalue weighted by Crippen LogP contribution is 2.44. The number of Topliss-reactive ketones (excluding diaryl/α,β-unsaturated/α-hetero) is 1. The molecule has 1 atom stereocenters. The Labute approximate surface area is 223 Å². The molecule has 1 aliphatic rings. The lowest BCUT2D eigenvalue weighted by Gasteiger charge is -2.25. The van der Waals surface area contributed by atoms with Gasteiger partial charge in [-0.1, -0.05) is 74.6 Å². The lowest BCUT2D eigenvalue weighted by molar-refractivity contribution is -0.117. The van der Waals surface area contributed by atoms with Crippen LogP contribution in [0.5, 0.6) is 0 Å². The molecule has 194 valence electrons. The zero-order valence-electron chi connectivity index (χ0n) is 21.6. The van der Waals surface area contributed by atoms with Crippen molar-refractivity contribution in [3.8, 4) is 0 Å². The Kier molecular flexibility index (Phi) is 6.19. The van der Waals surface area contributed by atoms with Gasteiger partial charge in [0.1, 0.15) is 10.5 Å². The highest BCUT2D eigenvalue weighted by Gasteiger charge is 2.47. The van der Waals surface area contributed by atoms with Crippen LogP contribution in [0, 0.1) is 6.92 Å². The first-order valence-electron chi connectivity index (χ1n) is 12.0. The molecule has 3 heterocycles. The molecule has 1 N–H and O–H groups in total. The van der Waals surface area contributed by atoms with Gasteiger partial charge in [0, 0.05) is 5.39 Å². The lowest BCUT2D eigenvalue weighted by atomic mass is 9.85. The normalized spacial score (nSPS) is 16.0. The molecular formula is C29H26N2O6S. The number of aliphatic hydroxyl groups excluding tert-OH is 1. The molecule has 2 aromatic carbocycles. The summed E-state index contributed by atoms with van der Waals surface area (Å²) in [6.45, 7) is 7.89. The van der Waals surface area contributed by atoms with E-state index in [1.807, 2.05) is 36.4 Å². The molecule has 8 nitrogen and oxygen atoms in total. The number of rotatable bonds is 5. The predicted molar refractivity (Wildman–Crippen MR) is 144 cm³/mol. The first-order chi connectivity index (χ1) is 18.0. The van der Waals surface area contributed by atoms with Crippen LogP contribution in [-0.2, 0) is 14.9 Å². The lowest BCUT2D eigenvalue weighted by Crippen LogP contribution is -2.31. The molecule has 0 bridgehead atoms. The van der Waals surface area contributed by atoms with Crippen molar-refractivity contribution in [3.05, 3.63) is 93.4 Å². The number of thiazole rings is 1. The number of fused-ring (bicyclic) bond motifs is 1. The first kappa shape index (κ1) is 25.4. The second-order valence-electron chi connectivity index (χ2n) is 10.1.